The van der Waals surface area contributed by atoms with Crippen LogP contribution in [0.25, 0.3) is 0 Å². The number of hydrogen-bond donors (Lipinski definition) is 1. The highest BCUT2D eigenvalue weighted by molar-refractivity contribution is 7.90. The van der Waals surface area contributed by atoms with Gasteiger partial charge in [0, 0.05) is 11.9 Å². The first kappa shape index (κ1) is 16.0. The van der Waals surface area contributed by atoms with Crippen LogP contribution in [-0.4, -0.2) is 27.7 Å². The molecule has 2 aromatic rings. The topological polar surface area (TPSA) is 72.5 Å². The normalized spacial score (nSPS) is 11.0. The lowest BCUT2D eigenvalue weighted by molar-refractivity contribution is -0.115. The summed E-state index contributed by atoms with van der Waals surface area (Å²) in [6, 6.07) is 13.4. The van der Waals surface area contributed by atoms with Crippen molar-refractivity contribution in [2.24, 2.45) is 0 Å². The zero-order valence-corrected chi connectivity index (χ0v) is 13.2. The van der Waals surface area contributed by atoms with Gasteiger partial charge in [-0.15, -0.1) is 0 Å². The third-order valence-electron chi connectivity index (χ3n) is 3.04. The van der Waals surface area contributed by atoms with Crippen molar-refractivity contribution in [3.05, 3.63) is 54.1 Å². The Balaban J connectivity index is 2.09. The van der Waals surface area contributed by atoms with Crippen molar-refractivity contribution >= 4 is 21.4 Å². The molecule has 0 bridgehead atoms. The third kappa shape index (κ3) is 4.33. The Kier molecular flexibility index (Phi) is 4.82. The Morgan fingerprint density at radius 1 is 1.14 bits per heavy atom. The summed E-state index contributed by atoms with van der Waals surface area (Å²) in [5, 5.41) is 2.70. The molecule has 0 saturated heterocycles. The van der Waals surface area contributed by atoms with Crippen LogP contribution in [0.3, 0.4) is 0 Å². The fourth-order valence-electron chi connectivity index (χ4n) is 1.98. The number of methoxy groups -OCH3 is 1. The van der Waals surface area contributed by atoms with E-state index in [0.29, 0.717) is 11.4 Å². The quantitative estimate of drug-likeness (QED) is 0.917. The van der Waals surface area contributed by atoms with Crippen molar-refractivity contribution in [2.75, 3.05) is 18.7 Å². The molecule has 0 aromatic heterocycles. The van der Waals surface area contributed by atoms with E-state index < -0.39 is 9.84 Å². The zero-order chi connectivity index (χ0) is 16.2. The molecule has 1 N–H and O–H groups in total. The highest BCUT2D eigenvalue weighted by Gasteiger charge is 2.09. The van der Waals surface area contributed by atoms with Crippen LogP contribution in [0.15, 0.2) is 53.4 Å². The molecule has 5 nitrogen and oxygen atoms in total. The first-order chi connectivity index (χ1) is 10.4. The van der Waals surface area contributed by atoms with Gasteiger partial charge in [-0.3, -0.25) is 4.79 Å². The standard InChI is InChI=1S/C16H17NO4S/c1-21-14-7-3-5-12(9-14)10-16(18)17-13-6-4-8-15(11-13)22(2,19)20/h3-9,11H,10H2,1-2H3,(H,17,18). The zero-order valence-electron chi connectivity index (χ0n) is 12.4. The van der Waals surface area contributed by atoms with Gasteiger partial charge in [0.1, 0.15) is 5.75 Å². The van der Waals surface area contributed by atoms with Gasteiger partial charge in [-0.2, -0.15) is 0 Å². The lowest BCUT2D eigenvalue weighted by Crippen LogP contribution is -2.14. The second-order valence-corrected chi connectivity index (χ2v) is 6.89. The van der Waals surface area contributed by atoms with Crippen molar-refractivity contribution in [1.29, 1.82) is 0 Å². The number of carbonyl (C=O) groups is 1. The highest BCUT2D eigenvalue weighted by Crippen LogP contribution is 2.17. The number of anilines is 1. The summed E-state index contributed by atoms with van der Waals surface area (Å²) in [5.74, 6) is 0.461. The van der Waals surface area contributed by atoms with Crippen LogP contribution in [-0.2, 0) is 21.1 Å². The average molecular weight is 319 g/mol. The van der Waals surface area contributed by atoms with Crippen molar-refractivity contribution in [3.63, 3.8) is 0 Å². The molecular formula is C16H17NO4S. The SMILES string of the molecule is COc1cccc(CC(=O)Nc2cccc(S(C)(=O)=O)c2)c1. The fraction of sp³-hybridized carbons (Fsp3) is 0.188. The molecule has 0 unspecified atom stereocenters. The molecule has 0 aliphatic heterocycles. The number of carbonyl (C=O) groups excluding carboxylic acids is 1. The molecule has 0 radical (unpaired) electrons. The number of benzene rings is 2. The Morgan fingerprint density at radius 2 is 1.86 bits per heavy atom. The molecule has 0 saturated carbocycles. The molecule has 0 aliphatic carbocycles. The summed E-state index contributed by atoms with van der Waals surface area (Å²) in [6.45, 7) is 0. The number of rotatable bonds is 5. The average Bonchev–Trinajstić information content (AvgIpc) is 2.46. The minimum atomic E-state index is -3.30. The fourth-order valence-corrected chi connectivity index (χ4v) is 2.64. The molecule has 0 spiro atoms. The van der Waals surface area contributed by atoms with Gasteiger partial charge in [-0.05, 0) is 35.9 Å². The van der Waals surface area contributed by atoms with Crippen molar-refractivity contribution in [3.8, 4) is 5.75 Å². The van der Waals surface area contributed by atoms with Crippen LogP contribution < -0.4 is 10.1 Å². The Hall–Kier alpha value is -2.34. The van der Waals surface area contributed by atoms with Gasteiger partial charge in [0.25, 0.3) is 0 Å². The number of hydrogen-bond acceptors (Lipinski definition) is 4. The van der Waals surface area contributed by atoms with E-state index in [2.05, 4.69) is 5.32 Å². The molecule has 6 heteroatoms. The largest absolute Gasteiger partial charge is 0.497 e. The number of ether oxygens (including phenoxy) is 1. The maximum Gasteiger partial charge on any atom is 0.228 e. The molecule has 2 rings (SSSR count). The number of nitrogens with one attached hydrogen (secondary N) is 1. The van der Waals surface area contributed by atoms with E-state index in [9.17, 15) is 13.2 Å². The molecule has 0 fully saturated rings. The van der Waals surface area contributed by atoms with Gasteiger partial charge in [-0.1, -0.05) is 18.2 Å². The van der Waals surface area contributed by atoms with Gasteiger partial charge in [0.2, 0.25) is 5.91 Å². The van der Waals surface area contributed by atoms with Gasteiger partial charge >= 0.3 is 0 Å². The summed E-state index contributed by atoms with van der Waals surface area (Å²) >= 11 is 0. The molecule has 2 aromatic carbocycles. The van der Waals surface area contributed by atoms with E-state index in [1.807, 2.05) is 12.1 Å². The lowest BCUT2D eigenvalue weighted by atomic mass is 10.1. The predicted molar refractivity (Wildman–Crippen MR) is 84.9 cm³/mol. The van der Waals surface area contributed by atoms with Crippen molar-refractivity contribution in [2.45, 2.75) is 11.3 Å². The van der Waals surface area contributed by atoms with Gasteiger partial charge < -0.3 is 10.1 Å². The molecule has 1 amide bonds. The van der Waals surface area contributed by atoms with Crippen LogP contribution in [0.5, 0.6) is 5.75 Å². The molecule has 116 valence electrons. The summed E-state index contributed by atoms with van der Waals surface area (Å²) in [5.41, 5.74) is 1.27. The molecular weight excluding hydrogens is 302 g/mol. The first-order valence-corrected chi connectivity index (χ1v) is 8.50. The highest BCUT2D eigenvalue weighted by atomic mass is 32.2. The van der Waals surface area contributed by atoms with Crippen LogP contribution in [0, 0.1) is 0 Å². The Morgan fingerprint density at radius 3 is 2.55 bits per heavy atom. The Bertz CT molecular complexity index is 784. The van der Waals surface area contributed by atoms with Crippen LogP contribution in [0.4, 0.5) is 5.69 Å². The third-order valence-corrected chi connectivity index (χ3v) is 4.16. The monoisotopic (exact) mass is 319 g/mol. The molecule has 0 aliphatic rings. The minimum Gasteiger partial charge on any atom is -0.497 e. The van der Waals surface area contributed by atoms with E-state index in [4.69, 9.17) is 4.74 Å². The summed E-state index contributed by atoms with van der Waals surface area (Å²) < 4.78 is 28.1. The van der Waals surface area contributed by atoms with Gasteiger partial charge in [0.15, 0.2) is 9.84 Å². The Labute approximate surface area is 129 Å². The number of sulfone groups is 1. The van der Waals surface area contributed by atoms with E-state index in [0.717, 1.165) is 11.8 Å². The van der Waals surface area contributed by atoms with Crippen LogP contribution in [0.1, 0.15) is 5.56 Å². The lowest BCUT2D eigenvalue weighted by Gasteiger charge is -2.08. The van der Waals surface area contributed by atoms with Crippen LogP contribution in [0.2, 0.25) is 0 Å². The smallest absolute Gasteiger partial charge is 0.228 e. The first-order valence-electron chi connectivity index (χ1n) is 6.61. The van der Waals surface area contributed by atoms with Crippen LogP contribution >= 0.6 is 0 Å². The second-order valence-electron chi connectivity index (χ2n) is 4.88. The molecule has 22 heavy (non-hydrogen) atoms. The number of amides is 1. The van der Waals surface area contributed by atoms with E-state index in [1.165, 1.54) is 12.1 Å². The van der Waals surface area contributed by atoms with Gasteiger partial charge in [0.05, 0.1) is 18.4 Å². The maximum atomic E-state index is 12.0. The molecule has 0 atom stereocenters. The molecule has 0 heterocycles. The van der Waals surface area contributed by atoms with Crippen molar-refractivity contribution < 1.29 is 17.9 Å². The minimum absolute atomic E-state index is 0.173. The van der Waals surface area contributed by atoms with E-state index in [-0.39, 0.29) is 17.2 Å². The summed E-state index contributed by atoms with van der Waals surface area (Å²) in [6.07, 6.45) is 1.31. The second kappa shape index (κ2) is 6.62. The van der Waals surface area contributed by atoms with E-state index >= 15 is 0 Å². The predicted octanol–water partition coefficient (Wildman–Crippen LogP) is 2.28. The van der Waals surface area contributed by atoms with E-state index in [1.54, 1.807) is 31.4 Å². The summed E-state index contributed by atoms with van der Waals surface area (Å²) in [4.78, 5) is 12.2. The van der Waals surface area contributed by atoms with Gasteiger partial charge in [-0.25, -0.2) is 8.42 Å². The van der Waals surface area contributed by atoms with Crippen molar-refractivity contribution in [1.82, 2.24) is 0 Å². The summed E-state index contributed by atoms with van der Waals surface area (Å²) in [7, 11) is -1.73. The maximum absolute atomic E-state index is 12.0.